The van der Waals surface area contributed by atoms with Gasteiger partial charge in [-0.25, -0.2) is 0 Å². The van der Waals surface area contributed by atoms with Crippen LogP contribution in [0.5, 0.6) is 0 Å². The lowest BCUT2D eigenvalue weighted by Gasteiger charge is -2.33. The summed E-state index contributed by atoms with van der Waals surface area (Å²) >= 11 is 0. The van der Waals surface area contributed by atoms with Gasteiger partial charge >= 0.3 is 0 Å². The van der Waals surface area contributed by atoms with Gasteiger partial charge in [-0.15, -0.1) is 0 Å². The average Bonchev–Trinajstić information content (AvgIpc) is 3.11. The van der Waals surface area contributed by atoms with Gasteiger partial charge in [-0.2, -0.15) is 0 Å². The summed E-state index contributed by atoms with van der Waals surface area (Å²) in [5.74, 6) is 0. The molecule has 0 amide bonds. The SMILES string of the molecule is CC1(C)CC1.CC1(C)CCC1.CC1(C)CCCC1.CC1(C)CCCCC1.CCC. The van der Waals surface area contributed by atoms with E-state index in [1.165, 1.54) is 96.3 Å². The maximum Gasteiger partial charge on any atom is -0.0354 e. The second-order valence-electron chi connectivity index (χ2n) is 13.5. The van der Waals surface area contributed by atoms with Gasteiger partial charge in [0.2, 0.25) is 0 Å². The van der Waals surface area contributed by atoms with Crippen molar-refractivity contribution < 1.29 is 0 Å². The Hall–Kier alpha value is 0. The molecule has 0 bridgehead atoms. The zero-order valence-corrected chi connectivity index (χ0v) is 22.6. The molecule has 4 fully saturated rings. The Bertz CT molecular complexity index is 368. The number of hydrogen-bond donors (Lipinski definition) is 0. The molecule has 0 heterocycles. The highest BCUT2D eigenvalue weighted by Crippen LogP contribution is 2.43. The van der Waals surface area contributed by atoms with Crippen LogP contribution in [0.2, 0.25) is 0 Å². The van der Waals surface area contributed by atoms with Crippen LogP contribution in [0.1, 0.15) is 166 Å². The lowest BCUT2D eigenvalue weighted by Crippen LogP contribution is -2.20. The summed E-state index contributed by atoms with van der Waals surface area (Å²) in [5, 5.41) is 0. The summed E-state index contributed by atoms with van der Waals surface area (Å²) in [6, 6.07) is 0. The van der Waals surface area contributed by atoms with Gasteiger partial charge in [0.05, 0.1) is 0 Å². The van der Waals surface area contributed by atoms with Crippen molar-refractivity contribution in [2.45, 2.75) is 166 Å². The van der Waals surface area contributed by atoms with E-state index in [4.69, 9.17) is 0 Å². The van der Waals surface area contributed by atoms with Crippen molar-refractivity contribution in [1.29, 1.82) is 0 Å². The molecule has 0 radical (unpaired) electrons. The molecule has 0 aliphatic heterocycles. The summed E-state index contributed by atoms with van der Waals surface area (Å²) in [6.07, 6.45) is 21.7. The Labute approximate surface area is 187 Å². The van der Waals surface area contributed by atoms with Gasteiger partial charge in [0.1, 0.15) is 0 Å². The van der Waals surface area contributed by atoms with Crippen molar-refractivity contribution in [2.75, 3.05) is 0 Å². The Morgan fingerprint density at radius 3 is 0.586 bits per heavy atom. The number of hydrogen-bond acceptors (Lipinski definition) is 0. The van der Waals surface area contributed by atoms with Gasteiger partial charge in [0.15, 0.2) is 0 Å². The topological polar surface area (TPSA) is 0 Å². The maximum absolute atomic E-state index is 2.38. The highest BCUT2D eigenvalue weighted by Gasteiger charge is 2.30. The van der Waals surface area contributed by atoms with Gasteiger partial charge in [0, 0.05) is 0 Å². The molecule has 29 heavy (non-hydrogen) atoms. The summed E-state index contributed by atoms with van der Waals surface area (Å²) < 4.78 is 0. The minimum absolute atomic E-state index is 0.679. The van der Waals surface area contributed by atoms with E-state index >= 15 is 0 Å². The molecule has 4 aliphatic rings. The van der Waals surface area contributed by atoms with Crippen molar-refractivity contribution in [3.05, 3.63) is 0 Å². The molecule has 0 spiro atoms. The van der Waals surface area contributed by atoms with Crippen LogP contribution in [-0.2, 0) is 0 Å². The molecule has 0 aromatic carbocycles. The first kappa shape index (κ1) is 29.0. The lowest BCUT2D eigenvalue weighted by atomic mass is 9.72. The van der Waals surface area contributed by atoms with Crippen molar-refractivity contribution in [2.24, 2.45) is 21.7 Å². The Morgan fingerprint density at radius 2 is 0.517 bits per heavy atom. The molecule has 4 saturated carbocycles. The smallest absolute Gasteiger partial charge is 0.0354 e. The van der Waals surface area contributed by atoms with E-state index in [0.717, 1.165) is 10.8 Å². The first-order valence-corrected chi connectivity index (χ1v) is 13.2. The molecule has 0 saturated heterocycles. The fraction of sp³-hybridized carbons (Fsp3) is 1.00. The van der Waals surface area contributed by atoms with Crippen LogP contribution in [0, 0.1) is 21.7 Å². The largest absolute Gasteiger partial charge is 0.0656 e. The van der Waals surface area contributed by atoms with E-state index in [0.29, 0.717) is 10.8 Å². The molecule has 0 aromatic rings. The van der Waals surface area contributed by atoms with E-state index in [9.17, 15) is 0 Å². The van der Waals surface area contributed by atoms with Crippen LogP contribution < -0.4 is 0 Å². The predicted octanol–water partition coefficient (Wildman–Crippen LogP) is 11.0. The van der Waals surface area contributed by atoms with Gasteiger partial charge < -0.3 is 0 Å². The first-order chi connectivity index (χ1) is 13.2. The molecule has 0 heteroatoms. The molecule has 0 aromatic heterocycles. The molecule has 4 rings (SSSR count). The standard InChI is InChI=1S/C8H16.C7H14.C6H12.C5H10.C3H8/c1-8(2)6-4-3-5-7-8;1-7(2)5-3-4-6-7;1-6(2)4-3-5-6;1-5(2)3-4-5;1-3-2/h3-7H2,1-2H3;3-6H2,1-2H3;3-5H2,1-2H3;3-4H2,1-2H3;3H2,1-2H3. The molecular formula is C29H60. The molecule has 4 aliphatic carbocycles. The van der Waals surface area contributed by atoms with E-state index in [2.05, 4.69) is 69.2 Å². The zero-order chi connectivity index (χ0) is 22.6. The van der Waals surface area contributed by atoms with E-state index in [1.807, 2.05) is 0 Å². The fourth-order valence-electron chi connectivity index (χ4n) is 3.97. The molecule has 0 N–H and O–H groups in total. The molecular weight excluding hydrogens is 348 g/mol. The van der Waals surface area contributed by atoms with Crippen molar-refractivity contribution >= 4 is 0 Å². The summed E-state index contributed by atoms with van der Waals surface area (Å²) in [7, 11) is 0. The van der Waals surface area contributed by atoms with Crippen LogP contribution in [-0.4, -0.2) is 0 Å². The normalized spacial score (nSPS) is 26.3. The molecule has 176 valence electrons. The monoisotopic (exact) mass is 408 g/mol. The first-order valence-electron chi connectivity index (χ1n) is 13.2. The van der Waals surface area contributed by atoms with Crippen LogP contribution in [0.15, 0.2) is 0 Å². The van der Waals surface area contributed by atoms with E-state index in [1.54, 1.807) is 0 Å². The Morgan fingerprint density at radius 1 is 0.345 bits per heavy atom. The molecule has 0 unspecified atom stereocenters. The van der Waals surface area contributed by atoms with Crippen molar-refractivity contribution in [3.63, 3.8) is 0 Å². The third-order valence-corrected chi connectivity index (χ3v) is 7.12. The summed E-state index contributed by atoms with van der Waals surface area (Å²) in [4.78, 5) is 0. The third-order valence-electron chi connectivity index (χ3n) is 7.12. The highest BCUT2D eigenvalue weighted by atomic mass is 14.4. The predicted molar refractivity (Wildman–Crippen MR) is 136 cm³/mol. The maximum atomic E-state index is 2.38. The van der Waals surface area contributed by atoms with Crippen LogP contribution in [0.25, 0.3) is 0 Å². The second-order valence-corrected chi connectivity index (χ2v) is 13.5. The van der Waals surface area contributed by atoms with Crippen LogP contribution in [0.4, 0.5) is 0 Å². The van der Waals surface area contributed by atoms with Gasteiger partial charge in [-0.05, 0) is 73.0 Å². The second kappa shape index (κ2) is 13.4. The van der Waals surface area contributed by atoms with Crippen LogP contribution >= 0.6 is 0 Å². The van der Waals surface area contributed by atoms with Crippen molar-refractivity contribution in [3.8, 4) is 0 Å². The van der Waals surface area contributed by atoms with E-state index in [-0.39, 0.29) is 0 Å². The highest BCUT2D eigenvalue weighted by molar-refractivity contribution is 4.82. The summed E-state index contributed by atoms with van der Waals surface area (Å²) in [5.41, 5.74) is 2.85. The minimum Gasteiger partial charge on any atom is -0.0656 e. The summed E-state index contributed by atoms with van der Waals surface area (Å²) in [6.45, 7) is 23.0. The van der Waals surface area contributed by atoms with Gasteiger partial charge in [-0.1, -0.05) is 114 Å². The zero-order valence-electron chi connectivity index (χ0n) is 22.6. The Balaban J connectivity index is 0.000000349. The fourth-order valence-corrected chi connectivity index (χ4v) is 3.97. The average molecular weight is 409 g/mol. The quantitative estimate of drug-likeness (QED) is 0.374. The van der Waals surface area contributed by atoms with Crippen LogP contribution in [0.3, 0.4) is 0 Å². The van der Waals surface area contributed by atoms with E-state index < -0.39 is 0 Å². The van der Waals surface area contributed by atoms with Crippen molar-refractivity contribution in [1.82, 2.24) is 0 Å². The number of rotatable bonds is 0. The molecule has 0 atom stereocenters. The Kier molecular flexibility index (Phi) is 13.4. The third kappa shape index (κ3) is 18.5. The van der Waals surface area contributed by atoms with Gasteiger partial charge in [0.25, 0.3) is 0 Å². The minimum atomic E-state index is 0.679. The van der Waals surface area contributed by atoms with Gasteiger partial charge in [-0.3, -0.25) is 0 Å². The lowest BCUT2D eigenvalue weighted by molar-refractivity contribution is 0.190. The molecule has 0 nitrogen and oxygen atoms in total.